The molecule has 0 aliphatic carbocycles. The van der Waals surface area contributed by atoms with E-state index in [0.29, 0.717) is 19.3 Å². The third-order valence-electron chi connectivity index (χ3n) is 15.0. The Morgan fingerprint density at radius 3 is 0.780 bits per heavy atom. The first-order valence-electron chi connectivity index (χ1n) is 34.9. The van der Waals surface area contributed by atoms with Gasteiger partial charge in [-0.1, -0.05) is 323 Å². The molecule has 6 heteroatoms. The Morgan fingerprint density at radius 2 is 0.488 bits per heavy atom. The predicted molar refractivity (Wildman–Crippen MR) is 357 cm³/mol. The van der Waals surface area contributed by atoms with E-state index in [1.807, 2.05) is 0 Å². The molecular formula is C76H130O6. The lowest BCUT2D eigenvalue weighted by atomic mass is 10.0. The third-order valence-corrected chi connectivity index (χ3v) is 15.0. The van der Waals surface area contributed by atoms with Crippen LogP contribution in [0.15, 0.2) is 109 Å². The molecule has 0 aromatic heterocycles. The highest BCUT2D eigenvalue weighted by Gasteiger charge is 2.19. The molecule has 82 heavy (non-hydrogen) atoms. The minimum atomic E-state index is -0.808. The van der Waals surface area contributed by atoms with Gasteiger partial charge in [-0.3, -0.25) is 14.4 Å². The lowest BCUT2D eigenvalue weighted by molar-refractivity contribution is -0.167. The van der Waals surface area contributed by atoms with Gasteiger partial charge in [0.15, 0.2) is 6.10 Å². The van der Waals surface area contributed by atoms with E-state index in [9.17, 15) is 14.4 Å². The zero-order valence-corrected chi connectivity index (χ0v) is 54.0. The summed E-state index contributed by atoms with van der Waals surface area (Å²) >= 11 is 0. The number of rotatable bonds is 63. The van der Waals surface area contributed by atoms with Crippen molar-refractivity contribution in [3.63, 3.8) is 0 Å². The van der Waals surface area contributed by atoms with Gasteiger partial charge in [0.1, 0.15) is 13.2 Å². The number of unbranched alkanes of at least 4 members (excludes halogenated alkanes) is 34. The molecule has 0 spiro atoms. The van der Waals surface area contributed by atoms with Gasteiger partial charge in [-0.2, -0.15) is 0 Å². The van der Waals surface area contributed by atoms with Crippen LogP contribution in [0.4, 0.5) is 0 Å². The minimum absolute atomic E-state index is 0.0984. The van der Waals surface area contributed by atoms with Crippen molar-refractivity contribution in [2.45, 2.75) is 341 Å². The standard InChI is InChI=1S/C76H130O6/c1-4-7-10-13-16-19-22-24-26-28-30-32-34-35-36-37-38-39-40-41-43-44-46-48-50-52-54-57-60-63-66-69-75(78)81-72-73(71-80-74(77)68-65-62-59-56-21-18-15-12-9-6-3)82-76(79)70-67-64-61-58-55-53-51-49-47-45-42-33-31-29-27-25-23-20-17-14-11-8-5-2/h8,11,17,20,22,24-25,27-28,30-31,33,45,47,51,53,58,61,73H,4-7,9-10,12-16,18-19,21,23,26,29,32,34-44,46,48-50,52,54-57,59-60,62-72H2,1-3H3/b11-8-,20-17-,24-22-,27-25-,30-28-,33-31-,47-45-,53-51-,61-58-. The number of allylic oxidation sites excluding steroid dienone is 18. The van der Waals surface area contributed by atoms with E-state index >= 15 is 0 Å². The molecule has 0 saturated carbocycles. The zero-order valence-electron chi connectivity index (χ0n) is 54.0. The second kappa shape index (κ2) is 69.6. The molecule has 0 bridgehead atoms. The summed E-state index contributed by atoms with van der Waals surface area (Å²) in [6, 6.07) is 0. The van der Waals surface area contributed by atoms with Gasteiger partial charge in [0.2, 0.25) is 0 Å². The van der Waals surface area contributed by atoms with Crippen molar-refractivity contribution in [1.29, 1.82) is 0 Å². The molecule has 1 atom stereocenters. The van der Waals surface area contributed by atoms with Crippen LogP contribution in [-0.4, -0.2) is 37.2 Å². The van der Waals surface area contributed by atoms with E-state index in [0.717, 1.165) is 96.3 Å². The minimum Gasteiger partial charge on any atom is -0.462 e. The number of carbonyl (C=O) groups is 3. The molecule has 0 heterocycles. The van der Waals surface area contributed by atoms with Crippen LogP contribution >= 0.6 is 0 Å². The molecule has 6 nitrogen and oxygen atoms in total. The summed E-state index contributed by atoms with van der Waals surface area (Å²) < 4.78 is 16.9. The lowest BCUT2D eigenvalue weighted by Gasteiger charge is -2.18. The van der Waals surface area contributed by atoms with Crippen LogP contribution < -0.4 is 0 Å². The first kappa shape index (κ1) is 78.1. The number of carbonyl (C=O) groups excluding carboxylic acids is 3. The van der Waals surface area contributed by atoms with Gasteiger partial charge >= 0.3 is 17.9 Å². The summed E-state index contributed by atoms with van der Waals surface area (Å²) in [5.74, 6) is -0.948. The zero-order chi connectivity index (χ0) is 59.2. The topological polar surface area (TPSA) is 78.9 Å². The number of esters is 3. The maximum atomic E-state index is 12.9. The molecule has 0 saturated heterocycles. The molecule has 0 N–H and O–H groups in total. The summed E-state index contributed by atoms with van der Waals surface area (Å²) in [7, 11) is 0. The van der Waals surface area contributed by atoms with Crippen molar-refractivity contribution < 1.29 is 28.6 Å². The number of hydrogen-bond acceptors (Lipinski definition) is 6. The largest absolute Gasteiger partial charge is 0.462 e. The molecule has 0 fully saturated rings. The van der Waals surface area contributed by atoms with E-state index < -0.39 is 6.10 Å². The molecule has 0 aliphatic rings. The quantitative estimate of drug-likeness (QED) is 0.0261. The molecule has 0 aromatic carbocycles. The average molecular weight is 1140 g/mol. The van der Waals surface area contributed by atoms with Gasteiger partial charge in [0, 0.05) is 19.3 Å². The fourth-order valence-electron chi connectivity index (χ4n) is 9.82. The molecule has 0 amide bonds. The van der Waals surface area contributed by atoms with Crippen LogP contribution in [0.5, 0.6) is 0 Å². The maximum Gasteiger partial charge on any atom is 0.306 e. The Morgan fingerprint density at radius 1 is 0.256 bits per heavy atom. The van der Waals surface area contributed by atoms with Crippen molar-refractivity contribution in [2.24, 2.45) is 0 Å². The van der Waals surface area contributed by atoms with Crippen molar-refractivity contribution in [2.75, 3.05) is 13.2 Å². The molecule has 0 rings (SSSR count). The van der Waals surface area contributed by atoms with E-state index in [-0.39, 0.29) is 37.5 Å². The second-order valence-corrected chi connectivity index (χ2v) is 23.1. The smallest absolute Gasteiger partial charge is 0.306 e. The maximum absolute atomic E-state index is 12.9. The van der Waals surface area contributed by atoms with Crippen LogP contribution in [0.1, 0.15) is 335 Å². The predicted octanol–water partition coefficient (Wildman–Crippen LogP) is 24.2. The molecule has 0 radical (unpaired) electrons. The summed E-state index contributed by atoms with van der Waals surface area (Å²) in [6.07, 6.45) is 95.6. The summed E-state index contributed by atoms with van der Waals surface area (Å²) in [4.78, 5) is 38.3. The lowest BCUT2D eigenvalue weighted by Crippen LogP contribution is -2.30. The summed E-state index contributed by atoms with van der Waals surface area (Å²) in [5, 5.41) is 0. The average Bonchev–Trinajstić information content (AvgIpc) is 3.47. The highest BCUT2D eigenvalue weighted by molar-refractivity contribution is 5.71. The first-order chi connectivity index (χ1) is 40.5. The van der Waals surface area contributed by atoms with Crippen molar-refractivity contribution in [1.82, 2.24) is 0 Å². The Labute approximate surface area is 508 Å². The van der Waals surface area contributed by atoms with Crippen LogP contribution in [0, 0.1) is 0 Å². The third kappa shape index (κ3) is 66.9. The van der Waals surface area contributed by atoms with E-state index in [1.165, 1.54) is 193 Å². The summed E-state index contributed by atoms with van der Waals surface area (Å²) in [6.45, 7) is 6.49. The van der Waals surface area contributed by atoms with E-state index in [1.54, 1.807) is 0 Å². The highest BCUT2D eigenvalue weighted by atomic mass is 16.6. The van der Waals surface area contributed by atoms with Crippen LogP contribution in [-0.2, 0) is 28.6 Å². The second-order valence-electron chi connectivity index (χ2n) is 23.1. The fraction of sp³-hybridized carbons (Fsp3) is 0.724. The normalized spacial score (nSPS) is 12.8. The van der Waals surface area contributed by atoms with Gasteiger partial charge in [0.25, 0.3) is 0 Å². The first-order valence-corrected chi connectivity index (χ1v) is 34.9. The van der Waals surface area contributed by atoms with Gasteiger partial charge in [-0.05, 0) is 103 Å². The molecule has 0 aromatic rings. The summed E-state index contributed by atoms with van der Waals surface area (Å²) in [5.41, 5.74) is 0. The van der Waals surface area contributed by atoms with Crippen LogP contribution in [0.3, 0.4) is 0 Å². The monoisotopic (exact) mass is 1140 g/mol. The Balaban J connectivity index is 4.23. The SMILES string of the molecule is CC/C=C\C/C=C\C/C=C\C/C=C\C/C=C\C/C=C\C/C=C\CCCC(=O)OC(COC(=O)CCCCCCCCCCCC)COC(=O)CCCCCCCCCCCCCCCCCCCCC/C=C\C/C=C\CCCCCCC. The van der Waals surface area contributed by atoms with Crippen LogP contribution in [0.25, 0.3) is 0 Å². The van der Waals surface area contributed by atoms with E-state index in [2.05, 4.69) is 130 Å². The molecule has 0 aliphatic heterocycles. The van der Waals surface area contributed by atoms with Crippen molar-refractivity contribution >= 4 is 17.9 Å². The molecule has 1 unspecified atom stereocenters. The fourth-order valence-corrected chi connectivity index (χ4v) is 9.82. The van der Waals surface area contributed by atoms with Gasteiger partial charge < -0.3 is 14.2 Å². The highest BCUT2D eigenvalue weighted by Crippen LogP contribution is 2.17. The van der Waals surface area contributed by atoms with E-state index in [4.69, 9.17) is 14.2 Å². The van der Waals surface area contributed by atoms with Gasteiger partial charge in [0.05, 0.1) is 0 Å². The van der Waals surface area contributed by atoms with Crippen molar-refractivity contribution in [3.8, 4) is 0 Å². The molecular weight excluding hydrogens is 1010 g/mol. The number of hydrogen-bond donors (Lipinski definition) is 0. The molecule has 470 valence electrons. The Bertz CT molecular complexity index is 1640. The number of ether oxygens (including phenoxy) is 3. The Hall–Kier alpha value is -3.93. The van der Waals surface area contributed by atoms with Crippen LogP contribution in [0.2, 0.25) is 0 Å². The van der Waals surface area contributed by atoms with Gasteiger partial charge in [-0.15, -0.1) is 0 Å². The van der Waals surface area contributed by atoms with Gasteiger partial charge in [-0.25, -0.2) is 0 Å². The van der Waals surface area contributed by atoms with Crippen molar-refractivity contribution in [3.05, 3.63) is 109 Å². The Kier molecular flexibility index (Phi) is 66.2.